The van der Waals surface area contributed by atoms with Crippen molar-refractivity contribution in [2.24, 2.45) is 10.2 Å². The summed E-state index contributed by atoms with van der Waals surface area (Å²) in [4.78, 5) is 4.47. The van der Waals surface area contributed by atoms with Gasteiger partial charge in [0.25, 0.3) is 0 Å². The van der Waals surface area contributed by atoms with Crippen molar-refractivity contribution in [3.63, 3.8) is 0 Å². The van der Waals surface area contributed by atoms with Crippen molar-refractivity contribution in [2.45, 2.75) is 13.5 Å². The van der Waals surface area contributed by atoms with E-state index in [2.05, 4.69) is 15.2 Å². The number of imidazole rings is 1. The van der Waals surface area contributed by atoms with Gasteiger partial charge in [0.05, 0.1) is 16.7 Å². The fraction of sp³-hybridized carbons (Fsp3) is 0.133. The smallest absolute Gasteiger partial charge is 0.250 e. The third kappa shape index (κ3) is 2.25. The van der Waals surface area contributed by atoms with E-state index in [1.165, 1.54) is 0 Å². The minimum atomic E-state index is 0.213. The van der Waals surface area contributed by atoms with Gasteiger partial charge in [-0.05, 0) is 43.3 Å². The Bertz CT molecular complexity index is 759. The Balaban J connectivity index is 1.99. The van der Waals surface area contributed by atoms with Crippen LogP contribution in [0.3, 0.4) is 0 Å². The molecular weight excluding hydrogens is 252 g/mol. The van der Waals surface area contributed by atoms with Gasteiger partial charge in [-0.1, -0.05) is 12.1 Å². The van der Waals surface area contributed by atoms with Crippen molar-refractivity contribution in [3.05, 3.63) is 48.5 Å². The number of benzene rings is 2. The number of phenols is 1. The van der Waals surface area contributed by atoms with Gasteiger partial charge in [0.15, 0.2) is 0 Å². The van der Waals surface area contributed by atoms with Crippen LogP contribution in [0.1, 0.15) is 6.92 Å². The molecule has 0 spiro atoms. The van der Waals surface area contributed by atoms with Crippen LogP contribution in [0.25, 0.3) is 11.0 Å². The van der Waals surface area contributed by atoms with Gasteiger partial charge < -0.3 is 9.67 Å². The van der Waals surface area contributed by atoms with Crippen LogP contribution in [0, 0.1) is 0 Å². The van der Waals surface area contributed by atoms with E-state index in [0.717, 1.165) is 17.6 Å². The van der Waals surface area contributed by atoms with Crippen LogP contribution in [-0.4, -0.2) is 14.7 Å². The minimum absolute atomic E-state index is 0.213. The predicted molar refractivity (Wildman–Crippen MR) is 77.7 cm³/mol. The number of nitrogens with zero attached hydrogens (tertiary/aromatic N) is 4. The molecule has 0 aliphatic heterocycles. The molecule has 5 nitrogen and oxygen atoms in total. The summed E-state index contributed by atoms with van der Waals surface area (Å²) in [5, 5.41) is 17.6. The lowest BCUT2D eigenvalue weighted by molar-refractivity contribution is 0.475. The van der Waals surface area contributed by atoms with Gasteiger partial charge in [-0.15, -0.1) is 10.2 Å². The molecule has 0 bridgehead atoms. The average Bonchev–Trinajstić information content (AvgIpc) is 2.84. The van der Waals surface area contributed by atoms with Gasteiger partial charge in [-0.2, -0.15) is 0 Å². The average molecular weight is 266 g/mol. The lowest BCUT2D eigenvalue weighted by atomic mass is 10.3. The van der Waals surface area contributed by atoms with Crippen molar-refractivity contribution in [1.82, 2.24) is 9.55 Å². The topological polar surface area (TPSA) is 62.8 Å². The Morgan fingerprint density at radius 2 is 1.80 bits per heavy atom. The number of para-hydroxylation sites is 2. The number of fused-ring (bicyclic) bond motifs is 1. The second kappa shape index (κ2) is 5.13. The maximum absolute atomic E-state index is 9.23. The number of hydrogen-bond acceptors (Lipinski definition) is 4. The van der Waals surface area contributed by atoms with Crippen molar-refractivity contribution < 1.29 is 5.11 Å². The fourth-order valence-corrected chi connectivity index (χ4v) is 2.07. The molecule has 100 valence electrons. The van der Waals surface area contributed by atoms with Gasteiger partial charge in [0.2, 0.25) is 5.95 Å². The Morgan fingerprint density at radius 1 is 1.05 bits per heavy atom. The van der Waals surface area contributed by atoms with E-state index in [9.17, 15) is 5.11 Å². The summed E-state index contributed by atoms with van der Waals surface area (Å²) in [6.07, 6.45) is 0. The molecule has 0 amide bonds. The minimum Gasteiger partial charge on any atom is -0.508 e. The maximum Gasteiger partial charge on any atom is 0.250 e. The number of azo groups is 1. The van der Waals surface area contributed by atoms with Gasteiger partial charge in [0.1, 0.15) is 5.75 Å². The lowest BCUT2D eigenvalue weighted by Gasteiger charge is -2.00. The highest BCUT2D eigenvalue weighted by molar-refractivity contribution is 5.77. The molecule has 1 heterocycles. The van der Waals surface area contributed by atoms with E-state index < -0.39 is 0 Å². The van der Waals surface area contributed by atoms with Crippen LogP contribution >= 0.6 is 0 Å². The number of phenolic OH excluding ortho intramolecular Hbond substituents is 1. The Hall–Kier alpha value is -2.69. The third-order valence-corrected chi connectivity index (χ3v) is 3.06. The van der Waals surface area contributed by atoms with Crippen LogP contribution in [0.5, 0.6) is 5.75 Å². The van der Waals surface area contributed by atoms with Gasteiger partial charge in [-0.25, -0.2) is 4.98 Å². The molecule has 20 heavy (non-hydrogen) atoms. The normalized spacial score (nSPS) is 11.4. The van der Waals surface area contributed by atoms with Crippen molar-refractivity contribution in [2.75, 3.05) is 0 Å². The molecule has 3 aromatic rings. The number of aromatic hydroxyl groups is 1. The van der Waals surface area contributed by atoms with E-state index in [0.29, 0.717) is 11.6 Å². The van der Waals surface area contributed by atoms with Gasteiger partial charge in [-0.3, -0.25) is 0 Å². The highest BCUT2D eigenvalue weighted by Gasteiger charge is 2.07. The summed E-state index contributed by atoms with van der Waals surface area (Å²) in [5.74, 6) is 0.798. The predicted octanol–water partition coefficient (Wildman–Crippen LogP) is 4.18. The van der Waals surface area contributed by atoms with Crippen LogP contribution in [0.15, 0.2) is 58.8 Å². The van der Waals surface area contributed by atoms with Crippen LogP contribution in [-0.2, 0) is 6.54 Å². The number of rotatable bonds is 3. The Morgan fingerprint density at radius 3 is 2.55 bits per heavy atom. The molecule has 0 radical (unpaired) electrons. The first-order chi connectivity index (χ1) is 9.78. The molecule has 5 heteroatoms. The zero-order chi connectivity index (χ0) is 13.9. The summed E-state index contributed by atoms with van der Waals surface area (Å²) in [6.45, 7) is 2.83. The molecule has 0 saturated carbocycles. The first-order valence-corrected chi connectivity index (χ1v) is 6.44. The fourth-order valence-electron chi connectivity index (χ4n) is 2.07. The summed E-state index contributed by atoms with van der Waals surface area (Å²) < 4.78 is 2.01. The molecule has 3 rings (SSSR count). The second-order valence-electron chi connectivity index (χ2n) is 4.36. The highest BCUT2D eigenvalue weighted by atomic mass is 16.3. The van der Waals surface area contributed by atoms with Crippen LogP contribution in [0.2, 0.25) is 0 Å². The second-order valence-corrected chi connectivity index (χ2v) is 4.36. The third-order valence-electron chi connectivity index (χ3n) is 3.06. The first-order valence-electron chi connectivity index (χ1n) is 6.44. The zero-order valence-electron chi connectivity index (χ0n) is 11.1. The molecule has 0 atom stereocenters. The summed E-state index contributed by atoms with van der Waals surface area (Å²) >= 11 is 0. The zero-order valence-corrected chi connectivity index (χ0v) is 11.1. The molecule has 0 fully saturated rings. The molecule has 0 aliphatic carbocycles. The molecular formula is C15H14N4O. The van der Waals surface area contributed by atoms with E-state index in [-0.39, 0.29) is 5.75 Å². The van der Waals surface area contributed by atoms with E-state index >= 15 is 0 Å². The Kier molecular flexibility index (Phi) is 3.16. The summed E-state index contributed by atoms with van der Waals surface area (Å²) in [5.41, 5.74) is 2.64. The first kappa shape index (κ1) is 12.3. The van der Waals surface area contributed by atoms with E-state index in [1.54, 1.807) is 24.3 Å². The SMILES string of the molecule is CCn1c(N=Nc2ccc(O)cc2)nc2ccccc21. The van der Waals surface area contributed by atoms with Crippen LogP contribution in [0.4, 0.5) is 11.6 Å². The number of hydrogen-bond donors (Lipinski definition) is 1. The monoisotopic (exact) mass is 266 g/mol. The van der Waals surface area contributed by atoms with Gasteiger partial charge in [0, 0.05) is 6.54 Å². The van der Waals surface area contributed by atoms with Crippen molar-refractivity contribution in [3.8, 4) is 5.75 Å². The maximum atomic E-state index is 9.23. The van der Waals surface area contributed by atoms with Crippen molar-refractivity contribution >= 4 is 22.7 Å². The van der Waals surface area contributed by atoms with Gasteiger partial charge >= 0.3 is 0 Å². The largest absolute Gasteiger partial charge is 0.508 e. The lowest BCUT2D eigenvalue weighted by Crippen LogP contribution is -1.92. The molecule has 0 saturated heterocycles. The molecule has 2 aromatic carbocycles. The number of aryl methyl sites for hydroxylation is 1. The van der Waals surface area contributed by atoms with Crippen molar-refractivity contribution in [1.29, 1.82) is 0 Å². The molecule has 0 unspecified atom stereocenters. The summed E-state index contributed by atoms with van der Waals surface area (Å²) in [6, 6.07) is 14.5. The van der Waals surface area contributed by atoms with E-state index in [4.69, 9.17) is 0 Å². The summed E-state index contributed by atoms with van der Waals surface area (Å²) in [7, 11) is 0. The standard InChI is InChI=1S/C15H14N4O/c1-2-19-14-6-4-3-5-13(14)16-15(19)18-17-11-7-9-12(20)10-8-11/h3-10,20H,2H2,1H3. The molecule has 0 aliphatic rings. The highest BCUT2D eigenvalue weighted by Crippen LogP contribution is 2.24. The molecule has 1 N–H and O–H groups in total. The van der Waals surface area contributed by atoms with Crippen LogP contribution < -0.4 is 0 Å². The Labute approximate surface area is 116 Å². The number of aromatic nitrogens is 2. The van der Waals surface area contributed by atoms with E-state index in [1.807, 2.05) is 35.8 Å². The molecule has 1 aromatic heterocycles. The quantitative estimate of drug-likeness (QED) is 0.723.